The van der Waals surface area contributed by atoms with E-state index in [4.69, 9.17) is 0 Å². The van der Waals surface area contributed by atoms with Crippen LogP contribution in [0.1, 0.15) is 41.3 Å². The first-order chi connectivity index (χ1) is 9.09. The van der Waals surface area contributed by atoms with Crippen LogP contribution in [-0.2, 0) is 0 Å². The molecule has 0 radical (unpaired) electrons. The molecule has 1 heterocycles. The van der Waals surface area contributed by atoms with Crippen molar-refractivity contribution < 1.29 is 9.59 Å². The Bertz CT molecular complexity index is 710. The SMILES string of the molecule is O=C1c2ccccc2C(=O)c2ncc(C(Br)Br)cc21. The number of carbonyl (C=O) groups excluding carboxylic acids is 2. The van der Waals surface area contributed by atoms with Gasteiger partial charge in [0.15, 0.2) is 5.78 Å². The van der Waals surface area contributed by atoms with E-state index < -0.39 is 0 Å². The Morgan fingerprint density at radius 3 is 2.21 bits per heavy atom. The van der Waals surface area contributed by atoms with Crippen LogP contribution in [0.15, 0.2) is 36.5 Å². The minimum absolute atomic E-state index is 0.0992. The molecule has 2 aromatic rings. The molecule has 0 saturated carbocycles. The van der Waals surface area contributed by atoms with Crippen LogP contribution in [0.2, 0.25) is 0 Å². The zero-order valence-electron chi connectivity index (χ0n) is 9.56. The molecule has 3 nitrogen and oxygen atoms in total. The van der Waals surface area contributed by atoms with E-state index in [0.29, 0.717) is 16.7 Å². The summed E-state index contributed by atoms with van der Waals surface area (Å²) in [6, 6.07) is 8.53. The molecule has 19 heavy (non-hydrogen) atoms. The highest BCUT2D eigenvalue weighted by Crippen LogP contribution is 2.32. The number of alkyl halides is 2. The Morgan fingerprint density at radius 1 is 0.947 bits per heavy atom. The van der Waals surface area contributed by atoms with E-state index in [1.54, 1.807) is 36.5 Å². The fourth-order valence-corrected chi connectivity index (χ4v) is 2.61. The molecule has 0 bridgehead atoms. The topological polar surface area (TPSA) is 47.0 Å². The fourth-order valence-electron chi connectivity index (χ4n) is 2.11. The fraction of sp³-hybridized carbons (Fsp3) is 0.0714. The molecule has 0 aliphatic heterocycles. The van der Waals surface area contributed by atoms with Crippen LogP contribution in [0, 0.1) is 0 Å². The second kappa shape index (κ2) is 4.65. The number of aromatic nitrogens is 1. The van der Waals surface area contributed by atoms with Gasteiger partial charge in [0.1, 0.15) is 5.69 Å². The number of ketones is 2. The molecule has 0 amide bonds. The number of rotatable bonds is 1. The number of hydrogen-bond acceptors (Lipinski definition) is 3. The van der Waals surface area contributed by atoms with Crippen molar-refractivity contribution in [3.05, 3.63) is 64.5 Å². The van der Waals surface area contributed by atoms with E-state index in [2.05, 4.69) is 36.8 Å². The summed E-state index contributed by atoms with van der Waals surface area (Å²) in [4.78, 5) is 28.8. The van der Waals surface area contributed by atoms with Gasteiger partial charge in [0.25, 0.3) is 0 Å². The monoisotopic (exact) mass is 379 g/mol. The Morgan fingerprint density at radius 2 is 1.58 bits per heavy atom. The largest absolute Gasteiger partial charge is 0.288 e. The van der Waals surface area contributed by atoms with Crippen LogP contribution in [0.4, 0.5) is 0 Å². The molecule has 0 fully saturated rings. The lowest BCUT2D eigenvalue weighted by Crippen LogP contribution is -2.22. The Kier molecular flexibility index (Phi) is 3.11. The van der Waals surface area contributed by atoms with Crippen molar-refractivity contribution >= 4 is 43.4 Å². The van der Waals surface area contributed by atoms with Crippen LogP contribution >= 0.6 is 31.9 Å². The summed E-state index contributed by atoms with van der Waals surface area (Å²) in [6.07, 6.45) is 1.59. The summed E-state index contributed by atoms with van der Waals surface area (Å²) in [6.45, 7) is 0. The van der Waals surface area contributed by atoms with Gasteiger partial charge < -0.3 is 0 Å². The van der Waals surface area contributed by atoms with Gasteiger partial charge >= 0.3 is 0 Å². The molecule has 3 rings (SSSR count). The van der Waals surface area contributed by atoms with Gasteiger partial charge in [0.05, 0.1) is 9.30 Å². The van der Waals surface area contributed by atoms with E-state index in [1.165, 1.54) is 0 Å². The Balaban J connectivity index is 2.24. The molecule has 0 unspecified atom stereocenters. The highest BCUT2D eigenvalue weighted by molar-refractivity contribution is 9.24. The Labute approximate surface area is 126 Å². The highest BCUT2D eigenvalue weighted by Gasteiger charge is 2.30. The summed E-state index contributed by atoms with van der Waals surface area (Å²) in [5.41, 5.74) is 2.27. The second-order valence-electron chi connectivity index (χ2n) is 4.17. The molecule has 0 saturated heterocycles. The van der Waals surface area contributed by atoms with Crippen LogP contribution in [0.3, 0.4) is 0 Å². The molecular weight excluding hydrogens is 374 g/mol. The average molecular weight is 381 g/mol. The number of benzene rings is 1. The lowest BCUT2D eigenvalue weighted by Gasteiger charge is -2.17. The van der Waals surface area contributed by atoms with Crippen LogP contribution in [-0.4, -0.2) is 16.6 Å². The normalized spacial score (nSPS) is 13.4. The van der Waals surface area contributed by atoms with Gasteiger partial charge in [0, 0.05) is 17.3 Å². The molecule has 94 valence electrons. The average Bonchev–Trinajstić information content (AvgIpc) is 2.44. The highest BCUT2D eigenvalue weighted by atomic mass is 79.9. The summed E-state index contributed by atoms with van der Waals surface area (Å²) in [5, 5.41) is 0. The minimum Gasteiger partial charge on any atom is -0.288 e. The van der Waals surface area contributed by atoms with Crippen molar-refractivity contribution in [1.29, 1.82) is 0 Å². The number of hydrogen-bond donors (Lipinski definition) is 0. The summed E-state index contributed by atoms with van der Waals surface area (Å²) in [7, 11) is 0. The van der Waals surface area contributed by atoms with Gasteiger partial charge in [-0.2, -0.15) is 0 Å². The summed E-state index contributed by atoms with van der Waals surface area (Å²) in [5.74, 6) is -0.349. The molecule has 1 aliphatic carbocycles. The second-order valence-corrected chi connectivity index (χ2v) is 7.23. The summed E-state index contributed by atoms with van der Waals surface area (Å²) < 4.78 is -0.0992. The van der Waals surface area contributed by atoms with Crippen molar-refractivity contribution in [3.63, 3.8) is 0 Å². The van der Waals surface area contributed by atoms with Gasteiger partial charge in [-0.15, -0.1) is 0 Å². The molecule has 1 aromatic heterocycles. The van der Waals surface area contributed by atoms with Crippen LogP contribution in [0.25, 0.3) is 0 Å². The zero-order chi connectivity index (χ0) is 13.6. The lowest BCUT2D eigenvalue weighted by atomic mass is 9.86. The van der Waals surface area contributed by atoms with E-state index in [9.17, 15) is 9.59 Å². The predicted molar refractivity (Wildman–Crippen MR) is 78.1 cm³/mol. The van der Waals surface area contributed by atoms with Crippen molar-refractivity contribution in [2.24, 2.45) is 0 Å². The van der Waals surface area contributed by atoms with Gasteiger partial charge in [-0.1, -0.05) is 56.1 Å². The number of fused-ring (bicyclic) bond motifs is 2. The van der Waals surface area contributed by atoms with Crippen LogP contribution < -0.4 is 0 Å². The molecular formula is C14H7Br2NO2. The molecule has 0 spiro atoms. The Hall–Kier alpha value is -1.33. The first kappa shape index (κ1) is 12.7. The van der Waals surface area contributed by atoms with E-state index in [1.807, 2.05) is 0 Å². The van der Waals surface area contributed by atoms with Crippen molar-refractivity contribution in [2.75, 3.05) is 0 Å². The van der Waals surface area contributed by atoms with Crippen molar-refractivity contribution in [1.82, 2.24) is 4.98 Å². The quantitative estimate of drug-likeness (QED) is 0.605. The molecule has 0 N–H and O–H groups in total. The number of pyridine rings is 1. The first-order valence-electron chi connectivity index (χ1n) is 5.56. The molecule has 1 aromatic carbocycles. The third-order valence-electron chi connectivity index (χ3n) is 3.04. The third kappa shape index (κ3) is 1.97. The zero-order valence-corrected chi connectivity index (χ0v) is 12.7. The molecule has 1 aliphatic rings. The van der Waals surface area contributed by atoms with Gasteiger partial charge in [0.2, 0.25) is 5.78 Å². The van der Waals surface area contributed by atoms with E-state index in [0.717, 1.165) is 5.56 Å². The van der Waals surface area contributed by atoms with E-state index >= 15 is 0 Å². The standard InChI is InChI=1S/C14H7Br2NO2/c15-14(16)7-5-10-11(17-6-7)13(19)9-4-2-1-3-8(9)12(10)18/h1-6,14H. The van der Waals surface area contributed by atoms with Crippen molar-refractivity contribution in [3.8, 4) is 0 Å². The van der Waals surface area contributed by atoms with Gasteiger partial charge in [-0.25, -0.2) is 0 Å². The summed E-state index contributed by atoms with van der Waals surface area (Å²) >= 11 is 6.72. The number of nitrogens with zero attached hydrogens (tertiary/aromatic N) is 1. The minimum atomic E-state index is -0.197. The van der Waals surface area contributed by atoms with E-state index in [-0.39, 0.29) is 21.0 Å². The number of halogens is 2. The maximum absolute atomic E-state index is 12.4. The lowest BCUT2D eigenvalue weighted by molar-refractivity contribution is 0.0975. The van der Waals surface area contributed by atoms with Crippen LogP contribution in [0.5, 0.6) is 0 Å². The molecule has 5 heteroatoms. The number of carbonyl (C=O) groups is 2. The van der Waals surface area contributed by atoms with Crippen molar-refractivity contribution in [2.45, 2.75) is 3.74 Å². The smallest absolute Gasteiger partial charge is 0.212 e. The predicted octanol–water partition coefficient (Wildman–Crippen LogP) is 3.65. The maximum Gasteiger partial charge on any atom is 0.212 e. The third-order valence-corrected chi connectivity index (χ3v) is 4.09. The first-order valence-corrected chi connectivity index (χ1v) is 7.39. The molecule has 0 atom stereocenters. The maximum atomic E-state index is 12.4. The van der Waals surface area contributed by atoms with Gasteiger partial charge in [-0.3, -0.25) is 14.6 Å². The van der Waals surface area contributed by atoms with Gasteiger partial charge in [-0.05, 0) is 11.6 Å².